The molecule has 0 saturated heterocycles. The number of aliphatic hydroxyl groups is 1. The van der Waals surface area contributed by atoms with Crippen LogP contribution in [0.4, 0.5) is 8.78 Å². The summed E-state index contributed by atoms with van der Waals surface area (Å²) in [6.07, 6.45) is 2.66. The molecule has 21 heavy (non-hydrogen) atoms. The Morgan fingerprint density at radius 2 is 2.24 bits per heavy atom. The second-order valence-electron chi connectivity index (χ2n) is 4.77. The molecular weight excluding hydrogens is 298 g/mol. The Morgan fingerprint density at radius 3 is 2.76 bits per heavy atom. The van der Waals surface area contributed by atoms with Crippen molar-refractivity contribution in [2.45, 2.75) is 19.1 Å². The zero-order valence-electron chi connectivity index (χ0n) is 11.2. The number of hydrogen-bond acceptors (Lipinski definition) is 4. The molecule has 0 amide bonds. The van der Waals surface area contributed by atoms with Crippen LogP contribution in [-0.2, 0) is 12.1 Å². The summed E-state index contributed by atoms with van der Waals surface area (Å²) in [6, 6.07) is 2.95. The largest absolute Gasteiger partial charge is 0.393 e. The van der Waals surface area contributed by atoms with E-state index in [1.165, 1.54) is 23.4 Å². The lowest BCUT2D eigenvalue weighted by atomic mass is 9.81. The third-order valence-corrected chi connectivity index (χ3v) is 3.76. The van der Waals surface area contributed by atoms with Gasteiger partial charge in [-0.3, -0.25) is 0 Å². The van der Waals surface area contributed by atoms with Gasteiger partial charge in [-0.05, 0) is 6.07 Å². The van der Waals surface area contributed by atoms with E-state index >= 15 is 0 Å². The van der Waals surface area contributed by atoms with Crippen molar-refractivity contribution in [3.63, 3.8) is 0 Å². The number of nitrogens with zero attached hydrogens (tertiary/aromatic N) is 3. The molecule has 2 atom stereocenters. The predicted molar refractivity (Wildman–Crippen MR) is 76.2 cm³/mol. The van der Waals surface area contributed by atoms with Gasteiger partial charge in [-0.15, -0.1) is 0 Å². The molecule has 1 aromatic heterocycles. The Kier molecular flexibility index (Phi) is 4.29. The van der Waals surface area contributed by atoms with Crippen molar-refractivity contribution in [1.29, 1.82) is 0 Å². The van der Waals surface area contributed by atoms with Crippen LogP contribution in [0, 0.1) is 17.6 Å². The molecule has 0 aliphatic heterocycles. The molecule has 0 spiro atoms. The van der Waals surface area contributed by atoms with Gasteiger partial charge in [-0.2, -0.15) is 5.10 Å². The summed E-state index contributed by atoms with van der Waals surface area (Å²) in [5.74, 6) is -2.36. The minimum atomic E-state index is -1.77. The zero-order chi connectivity index (χ0) is 15.6. The van der Waals surface area contributed by atoms with Gasteiger partial charge in [0.25, 0.3) is 0 Å². The molecule has 112 valence electrons. The highest BCUT2D eigenvalue weighted by molar-refractivity contribution is 7.80. The van der Waals surface area contributed by atoms with Gasteiger partial charge in [-0.1, -0.05) is 25.2 Å². The first-order chi connectivity index (χ1) is 9.84. The lowest BCUT2D eigenvalue weighted by molar-refractivity contribution is -0.0153. The fourth-order valence-electron chi connectivity index (χ4n) is 2.09. The molecule has 0 aliphatic carbocycles. The highest BCUT2D eigenvalue weighted by Crippen LogP contribution is 2.33. The second-order valence-corrected chi connectivity index (χ2v) is 5.24. The predicted octanol–water partition coefficient (Wildman–Crippen LogP) is 1.37. The molecule has 0 saturated carbocycles. The molecule has 0 radical (unpaired) electrons. The molecular formula is C13H14F2N4OS. The fraction of sp³-hybridized carbons (Fsp3) is 0.308. The molecule has 0 aliphatic rings. The molecule has 0 bridgehead atoms. The topological polar surface area (TPSA) is 77.0 Å². The van der Waals surface area contributed by atoms with Gasteiger partial charge in [0.05, 0.1) is 11.5 Å². The van der Waals surface area contributed by atoms with Crippen LogP contribution in [-0.4, -0.2) is 24.9 Å². The summed E-state index contributed by atoms with van der Waals surface area (Å²) in [4.78, 5) is 3.78. The van der Waals surface area contributed by atoms with Crippen LogP contribution in [0.2, 0.25) is 0 Å². The smallest absolute Gasteiger partial charge is 0.137 e. The number of benzene rings is 1. The van der Waals surface area contributed by atoms with Crippen LogP contribution in [0.3, 0.4) is 0 Å². The molecule has 1 heterocycles. The van der Waals surface area contributed by atoms with E-state index in [9.17, 15) is 13.9 Å². The zero-order valence-corrected chi connectivity index (χ0v) is 12.0. The van der Waals surface area contributed by atoms with Gasteiger partial charge in [0.1, 0.15) is 29.9 Å². The van der Waals surface area contributed by atoms with E-state index in [4.69, 9.17) is 18.0 Å². The number of halogens is 2. The van der Waals surface area contributed by atoms with Crippen LogP contribution in [0.25, 0.3) is 0 Å². The Morgan fingerprint density at radius 1 is 1.52 bits per heavy atom. The van der Waals surface area contributed by atoms with E-state index in [0.717, 1.165) is 6.07 Å². The molecule has 1 unspecified atom stereocenters. The third-order valence-electron chi connectivity index (χ3n) is 3.41. The lowest BCUT2D eigenvalue weighted by Gasteiger charge is -2.34. The van der Waals surface area contributed by atoms with Gasteiger partial charge in [-0.25, -0.2) is 18.4 Å². The molecule has 3 N–H and O–H groups in total. The summed E-state index contributed by atoms with van der Waals surface area (Å²) >= 11 is 4.91. The first-order valence-corrected chi connectivity index (χ1v) is 6.55. The van der Waals surface area contributed by atoms with Crippen LogP contribution in [0.5, 0.6) is 0 Å². The van der Waals surface area contributed by atoms with Crippen molar-refractivity contribution in [2.24, 2.45) is 11.7 Å². The number of thiocarbonyl (C=S) groups is 1. The van der Waals surface area contributed by atoms with E-state index in [1.807, 2.05) is 0 Å². The summed E-state index contributed by atoms with van der Waals surface area (Å²) in [5, 5.41) is 14.8. The number of rotatable bonds is 5. The fourth-order valence-corrected chi connectivity index (χ4v) is 2.29. The monoisotopic (exact) mass is 312 g/mol. The quantitative estimate of drug-likeness (QED) is 0.815. The molecule has 8 heteroatoms. The lowest BCUT2D eigenvalue weighted by Crippen LogP contribution is -2.44. The van der Waals surface area contributed by atoms with Crippen LogP contribution in [0.15, 0.2) is 30.9 Å². The first kappa shape index (κ1) is 15.5. The van der Waals surface area contributed by atoms with Crippen molar-refractivity contribution in [1.82, 2.24) is 14.8 Å². The summed E-state index contributed by atoms with van der Waals surface area (Å²) in [7, 11) is 0. The van der Waals surface area contributed by atoms with Crippen LogP contribution in [0.1, 0.15) is 12.5 Å². The Labute approximate surface area is 125 Å². The van der Waals surface area contributed by atoms with Crippen molar-refractivity contribution >= 4 is 17.2 Å². The van der Waals surface area contributed by atoms with E-state index in [-0.39, 0.29) is 17.1 Å². The van der Waals surface area contributed by atoms with Gasteiger partial charge in [0.2, 0.25) is 0 Å². The Bertz CT molecular complexity index is 650. The maximum absolute atomic E-state index is 14.1. The standard InChI is InChI=1S/C13H14F2N4OS/c1-8(12(16)21)13(20,5-19-7-17-6-18-19)10-3-2-9(14)4-11(10)15/h2-4,6-8,20H,5H2,1H3,(H2,16,21)/t8-,13?/m0/s1. The van der Waals surface area contributed by atoms with Crippen molar-refractivity contribution < 1.29 is 13.9 Å². The number of hydrogen-bond donors (Lipinski definition) is 2. The van der Waals surface area contributed by atoms with Gasteiger partial charge < -0.3 is 10.8 Å². The third kappa shape index (κ3) is 3.06. The Balaban J connectivity index is 2.51. The minimum Gasteiger partial charge on any atom is -0.393 e. The molecule has 5 nitrogen and oxygen atoms in total. The van der Waals surface area contributed by atoms with E-state index in [0.29, 0.717) is 6.07 Å². The van der Waals surface area contributed by atoms with Crippen molar-refractivity contribution in [2.75, 3.05) is 0 Å². The summed E-state index contributed by atoms with van der Waals surface area (Å²) in [6.45, 7) is 1.45. The maximum atomic E-state index is 14.1. The normalized spacial score (nSPS) is 15.4. The van der Waals surface area contributed by atoms with Gasteiger partial charge in [0, 0.05) is 17.5 Å². The van der Waals surface area contributed by atoms with E-state index < -0.39 is 23.2 Å². The highest BCUT2D eigenvalue weighted by Gasteiger charge is 2.40. The van der Waals surface area contributed by atoms with Gasteiger partial charge >= 0.3 is 0 Å². The SMILES string of the molecule is C[C@@H](C(N)=S)C(O)(Cn1cncn1)c1ccc(F)cc1F. The maximum Gasteiger partial charge on any atom is 0.137 e. The number of nitrogens with two attached hydrogens (primary N) is 1. The van der Waals surface area contributed by atoms with Crippen LogP contribution >= 0.6 is 12.2 Å². The summed E-state index contributed by atoms with van der Waals surface area (Å²) in [5.41, 5.74) is 3.73. The van der Waals surface area contributed by atoms with Crippen molar-refractivity contribution in [3.05, 3.63) is 48.1 Å². The van der Waals surface area contributed by atoms with Gasteiger partial charge in [0.15, 0.2) is 0 Å². The summed E-state index contributed by atoms with van der Waals surface area (Å²) < 4.78 is 28.5. The molecule has 0 fully saturated rings. The molecule has 1 aromatic carbocycles. The average Bonchev–Trinajstić information content (AvgIpc) is 2.89. The van der Waals surface area contributed by atoms with E-state index in [1.54, 1.807) is 6.92 Å². The molecule has 2 aromatic rings. The number of aromatic nitrogens is 3. The molecule has 2 rings (SSSR count). The first-order valence-electron chi connectivity index (χ1n) is 6.14. The second kappa shape index (κ2) is 5.82. The van der Waals surface area contributed by atoms with E-state index in [2.05, 4.69) is 10.1 Å². The minimum absolute atomic E-state index is 0.0151. The highest BCUT2D eigenvalue weighted by atomic mass is 32.1. The van der Waals surface area contributed by atoms with Crippen LogP contribution < -0.4 is 5.73 Å². The average molecular weight is 312 g/mol. The van der Waals surface area contributed by atoms with Crippen molar-refractivity contribution in [3.8, 4) is 0 Å². The Hall–Kier alpha value is -1.93.